The fourth-order valence-corrected chi connectivity index (χ4v) is 3.08. The molecule has 0 radical (unpaired) electrons. The molecule has 9 nitrogen and oxygen atoms in total. The average molecular weight is 360 g/mol. The molecule has 2 heterocycles. The number of hydrogen-bond acceptors (Lipinski definition) is 7. The lowest BCUT2D eigenvalue weighted by Crippen LogP contribution is -2.17. The topological polar surface area (TPSA) is 133 Å². The highest BCUT2D eigenvalue weighted by Gasteiger charge is 2.18. The van der Waals surface area contributed by atoms with Crippen LogP contribution >= 0.6 is 0 Å². The third kappa shape index (κ3) is 3.15. The van der Waals surface area contributed by atoms with Gasteiger partial charge in [-0.25, -0.2) is 13.1 Å². The highest BCUT2D eigenvalue weighted by molar-refractivity contribution is 7.90. The van der Waals surface area contributed by atoms with Crippen molar-refractivity contribution in [3.05, 3.63) is 36.2 Å². The van der Waals surface area contributed by atoms with Crippen LogP contribution in [-0.4, -0.2) is 40.6 Å². The van der Waals surface area contributed by atoms with Gasteiger partial charge in [-0.1, -0.05) is 0 Å². The van der Waals surface area contributed by atoms with E-state index < -0.39 is 15.7 Å². The number of anilines is 2. The maximum absolute atomic E-state index is 11.9. The van der Waals surface area contributed by atoms with Gasteiger partial charge in [-0.2, -0.15) is 5.10 Å². The van der Waals surface area contributed by atoms with Gasteiger partial charge in [0, 0.05) is 24.3 Å². The minimum absolute atomic E-state index is 0.0815. The van der Waals surface area contributed by atoms with Crippen LogP contribution in [0.15, 0.2) is 35.4 Å². The number of carbonyl (C=O) groups is 1. The Bertz CT molecular complexity index is 1070. The zero-order valence-corrected chi connectivity index (χ0v) is 14.4. The van der Waals surface area contributed by atoms with Gasteiger partial charge in [-0.05, 0) is 25.1 Å². The predicted octanol–water partition coefficient (Wildman–Crippen LogP) is 1.09. The molecule has 0 bridgehead atoms. The van der Waals surface area contributed by atoms with E-state index in [1.165, 1.54) is 18.2 Å². The number of nitrogens with one attached hydrogen (secondary N) is 1. The third-order valence-corrected chi connectivity index (χ3v) is 4.77. The Morgan fingerprint density at radius 2 is 2.04 bits per heavy atom. The molecule has 3 aromatic rings. The number of benzene rings is 1. The number of rotatable bonds is 5. The lowest BCUT2D eigenvalue weighted by molar-refractivity contribution is 0.0995. The molecule has 0 aliphatic carbocycles. The molecule has 0 spiro atoms. The first kappa shape index (κ1) is 16.8. The number of carbonyl (C=O) groups excluding carboxylic acids is 1. The van der Waals surface area contributed by atoms with Gasteiger partial charge in [0.05, 0.1) is 22.3 Å². The Hall–Kier alpha value is -3.01. The zero-order valence-electron chi connectivity index (χ0n) is 13.6. The van der Waals surface area contributed by atoms with Crippen LogP contribution in [0.1, 0.15) is 17.4 Å². The molecule has 130 valence electrons. The van der Waals surface area contributed by atoms with E-state index in [0.717, 1.165) is 6.26 Å². The summed E-state index contributed by atoms with van der Waals surface area (Å²) < 4.78 is 25.4. The van der Waals surface area contributed by atoms with Crippen LogP contribution in [0.5, 0.6) is 0 Å². The fraction of sp³-hybridized carbons (Fsp3) is 0.200. The Labute approximate surface area is 143 Å². The molecule has 0 atom stereocenters. The Kier molecular flexibility index (Phi) is 4.13. The second-order valence-corrected chi connectivity index (χ2v) is 7.41. The van der Waals surface area contributed by atoms with Gasteiger partial charge in [-0.3, -0.25) is 4.79 Å². The van der Waals surface area contributed by atoms with Crippen LogP contribution in [0.3, 0.4) is 0 Å². The summed E-state index contributed by atoms with van der Waals surface area (Å²) in [5.41, 5.74) is 6.05. The molecule has 0 saturated heterocycles. The van der Waals surface area contributed by atoms with Crippen LogP contribution in [-0.2, 0) is 16.4 Å². The second kappa shape index (κ2) is 6.13. The van der Waals surface area contributed by atoms with Crippen LogP contribution in [0.2, 0.25) is 0 Å². The highest BCUT2D eigenvalue weighted by atomic mass is 32.2. The van der Waals surface area contributed by atoms with Crippen LogP contribution in [0.4, 0.5) is 11.5 Å². The van der Waals surface area contributed by atoms with Gasteiger partial charge in [0.2, 0.25) is 0 Å². The number of fused-ring (bicyclic) bond motifs is 1. The van der Waals surface area contributed by atoms with Crippen LogP contribution in [0, 0.1) is 0 Å². The van der Waals surface area contributed by atoms with Gasteiger partial charge in [0.25, 0.3) is 5.91 Å². The van der Waals surface area contributed by atoms with Gasteiger partial charge < -0.3 is 11.1 Å². The first-order valence-corrected chi connectivity index (χ1v) is 9.29. The van der Waals surface area contributed by atoms with Crippen molar-refractivity contribution in [2.45, 2.75) is 18.4 Å². The Morgan fingerprint density at radius 3 is 2.68 bits per heavy atom. The number of aryl methyl sites for hydroxylation is 1. The van der Waals surface area contributed by atoms with E-state index in [1.807, 2.05) is 6.92 Å². The van der Waals surface area contributed by atoms with Gasteiger partial charge in [0.1, 0.15) is 5.82 Å². The average Bonchev–Trinajstić information content (AvgIpc) is 3.00. The standard InChI is InChI=1S/C15H16N6O3S/c1-3-21-12(6-7-17-21)18-13-10-8-9(25(2,23)24)4-5-11(10)19-20-14(13)15(16)22/h4-8H,3H2,1-2H3,(H2,16,22)(H,18,19). The van der Waals surface area contributed by atoms with Crippen molar-refractivity contribution in [3.63, 3.8) is 0 Å². The van der Waals surface area contributed by atoms with Crippen molar-refractivity contribution in [1.82, 2.24) is 20.0 Å². The van der Waals surface area contributed by atoms with E-state index in [-0.39, 0.29) is 10.6 Å². The number of sulfone groups is 1. The van der Waals surface area contributed by atoms with Crippen molar-refractivity contribution in [3.8, 4) is 0 Å². The zero-order chi connectivity index (χ0) is 18.2. The maximum Gasteiger partial charge on any atom is 0.271 e. The first-order chi connectivity index (χ1) is 11.8. The summed E-state index contributed by atoms with van der Waals surface area (Å²) in [6, 6.07) is 6.14. The summed E-state index contributed by atoms with van der Waals surface area (Å²) in [5, 5.41) is 15.5. The number of nitrogens with zero attached hydrogens (tertiary/aromatic N) is 4. The summed E-state index contributed by atoms with van der Waals surface area (Å²) in [5.74, 6) is -0.159. The van der Waals surface area contributed by atoms with Gasteiger partial charge >= 0.3 is 0 Å². The number of primary amides is 1. The Balaban J connectivity index is 2.28. The van der Waals surface area contributed by atoms with Crippen molar-refractivity contribution in [2.75, 3.05) is 11.6 Å². The molecule has 0 unspecified atom stereocenters. The monoisotopic (exact) mass is 360 g/mol. The number of aromatic nitrogens is 4. The number of nitrogens with two attached hydrogens (primary N) is 1. The quantitative estimate of drug-likeness (QED) is 0.696. The molecular formula is C15H16N6O3S. The second-order valence-electron chi connectivity index (χ2n) is 5.40. The van der Waals surface area contributed by atoms with Crippen molar-refractivity contribution in [1.29, 1.82) is 0 Å². The molecule has 0 aliphatic rings. The lowest BCUT2D eigenvalue weighted by atomic mass is 10.1. The van der Waals surface area contributed by atoms with Crippen molar-refractivity contribution < 1.29 is 13.2 Å². The van der Waals surface area contributed by atoms with E-state index in [9.17, 15) is 13.2 Å². The smallest absolute Gasteiger partial charge is 0.271 e. The lowest BCUT2D eigenvalue weighted by Gasteiger charge is -2.13. The molecule has 10 heteroatoms. The molecule has 0 aliphatic heterocycles. The van der Waals surface area contributed by atoms with Crippen LogP contribution < -0.4 is 11.1 Å². The van der Waals surface area contributed by atoms with Crippen molar-refractivity contribution in [2.24, 2.45) is 5.73 Å². The summed E-state index contributed by atoms with van der Waals surface area (Å²) >= 11 is 0. The van der Waals surface area contributed by atoms with E-state index in [1.54, 1.807) is 16.9 Å². The van der Waals surface area contributed by atoms with Gasteiger partial charge in [-0.15, -0.1) is 10.2 Å². The van der Waals surface area contributed by atoms with E-state index in [2.05, 4.69) is 20.6 Å². The highest BCUT2D eigenvalue weighted by Crippen LogP contribution is 2.29. The summed E-state index contributed by atoms with van der Waals surface area (Å²) in [4.78, 5) is 11.9. The number of hydrogen-bond donors (Lipinski definition) is 2. The van der Waals surface area contributed by atoms with Gasteiger partial charge in [0.15, 0.2) is 15.5 Å². The molecule has 2 aromatic heterocycles. The summed E-state index contributed by atoms with van der Waals surface area (Å²) in [6.45, 7) is 2.52. The minimum Gasteiger partial charge on any atom is -0.364 e. The molecule has 0 saturated carbocycles. The van der Waals surface area contributed by atoms with E-state index >= 15 is 0 Å². The third-order valence-electron chi connectivity index (χ3n) is 3.66. The first-order valence-electron chi connectivity index (χ1n) is 7.40. The SMILES string of the molecule is CCn1nccc1Nc1c(C(N)=O)nnc2ccc(S(C)(=O)=O)cc12. The summed E-state index contributed by atoms with van der Waals surface area (Å²) in [7, 11) is -3.43. The molecular weight excluding hydrogens is 344 g/mol. The Morgan fingerprint density at radius 1 is 1.28 bits per heavy atom. The molecule has 1 aromatic carbocycles. The molecule has 1 amide bonds. The molecule has 3 N–H and O–H groups in total. The van der Waals surface area contributed by atoms with Crippen LogP contribution in [0.25, 0.3) is 10.9 Å². The fourth-order valence-electron chi connectivity index (χ4n) is 2.43. The van der Waals surface area contributed by atoms with E-state index in [4.69, 9.17) is 5.73 Å². The normalized spacial score (nSPS) is 11.6. The molecule has 25 heavy (non-hydrogen) atoms. The van der Waals surface area contributed by atoms with E-state index in [0.29, 0.717) is 29.0 Å². The minimum atomic E-state index is -3.43. The molecule has 0 fully saturated rings. The molecule has 3 rings (SSSR count). The summed E-state index contributed by atoms with van der Waals surface area (Å²) in [6.07, 6.45) is 2.71. The number of amides is 1. The largest absolute Gasteiger partial charge is 0.364 e. The van der Waals surface area contributed by atoms with Crippen molar-refractivity contribution >= 4 is 38.2 Å². The maximum atomic E-state index is 11.9. The predicted molar refractivity (Wildman–Crippen MR) is 92.3 cm³/mol.